The predicted octanol–water partition coefficient (Wildman–Crippen LogP) is 1.18. The normalized spacial score (nSPS) is 12.6. The first-order chi connectivity index (χ1) is 5.70. The molecule has 1 atom stereocenters. The SMILES string of the molecule is CC(Sc1ccccc1)B(O)O. The molecular weight excluding hydrogens is 171 g/mol. The molecule has 1 rings (SSSR count). The van der Waals surface area contributed by atoms with Crippen LogP contribution in [0.25, 0.3) is 0 Å². The molecule has 0 aliphatic rings. The first-order valence-corrected chi connectivity index (χ1v) is 4.66. The Morgan fingerprint density at radius 1 is 1.25 bits per heavy atom. The molecule has 12 heavy (non-hydrogen) atoms. The van der Waals surface area contributed by atoms with Crippen LogP contribution in [0.4, 0.5) is 0 Å². The van der Waals surface area contributed by atoms with E-state index in [-0.39, 0.29) is 5.15 Å². The van der Waals surface area contributed by atoms with E-state index in [1.165, 1.54) is 11.8 Å². The van der Waals surface area contributed by atoms with Gasteiger partial charge in [0, 0.05) is 10.0 Å². The standard InChI is InChI=1S/C8H11BO2S/c1-7(9(10)11)12-8-5-3-2-4-6-8/h2-7,10-11H,1H3. The van der Waals surface area contributed by atoms with Gasteiger partial charge in [0.25, 0.3) is 0 Å². The van der Waals surface area contributed by atoms with Crippen molar-refractivity contribution < 1.29 is 10.0 Å². The van der Waals surface area contributed by atoms with Gasteiger partial charge in [-0.15, -0.1) is 11.8 Å². The molecule has 0 saturated carbocycles. The van der Waals surface area contributed by atoms with Crippen LogP contribution in [0.15, 0.2) is 35.2 Å². The summed E-state index contributed by atoms with van der Waals surface area (Å²) < 4.78 is 0. The predicted molar refractivity (Wildman–Crippen MR) is 52.0 cm³/mol. The number of thioether (sulfide) groups is 1. The first kappa shape index (κ1) is 9.64. The molecule has 0 heterocycles. The summed E-state index contributed by atoms with van der Waals surface area (Å²) in [6.07, 6.45) is 0. The maximum atomic E-state index is 8.82. The van der Waals surface area contributed by atoms with E-state index in [9.17, 15) is 0 Å². The molecule has 0 radical (unpaired) electrons. The monoisotopic (exact) mass is 182 g/mol. The molecule has 2 nitrogen and oxygen atoms in total. The van der Waals surface area contributed by atoms with Gasteiger partial charge in [0.1, 0.15) is 0 Å². The van der Waals surface area contributed by atoms with E-state index < -0.39 is 7.12 Å². The molecule has 1 aromatic carbocycles. The van der Waals surface area contributed by atoms with Crippen LogP contribution < -0.4 is 0 Å². The minimum atomic E-state index is -1.25. The maximum Gasteiger partial charge on any atom is 0.465 e. The highest BCUT2D eigenvalue weighted by atomic mass is 32.2. The van der Waals surface area contributed by atoms with Crippen LogP contribution in [0.1, 0.15) is 6.92 Å². The zero-order chi connectivity index (χ0) is 8.97. The van der Waals surface area contributed by atoms with E-state index >= 15 is 0 Å². The van der Waals surface area contributed by atoms with Gasteiger partial charge < -0.3 is 10.0 Å². The van der Waals surface area contributed by atoms with Crippen molar-refractivity contribution in [2.24, 2.45) is 0 Å². The Morgan fingerprint density at radius 2 is 1.83 bits per heavy atom. The third kappa shape index (κ3) is 2.89. The molecule has 64 valence electrons. The Bertz CT molecular complexity index is 228. The van der Waals surface area contributed by atoms with Crippen molar-refractivity contribution in [3.63, 3.8) is 0 Å². The van der Waals surface area contributed by atoms with Gasteiger partial charge in [-0.3, -0.25) is 0 Å². The second-order valence-corrected chi connectivity index (χ2v) is 4.00. The topological polar surface area (TPSA) is 40.5 Å². The van der Waals surface area contributed by atoms with Crippen LogP contribution in [0.5, 0.6) is 0 Å². The van der Waals surface area contributed by atoms with Crippen molar-refractivity contribution in [1.82, 2.24) is 0 Å². The zero-order valence-electron chi connectivity index (χ0n) is 6.84. The van der Waals surface area contributed by atoms with Crippen molar-refractivity contribution in [3.8, 4) is 0 Å². The molecule has 1 aromatic rings. The molecule has 0 aromatic heterocycles. The lowest BCUT2D eigenvalue weighted by Gasteiger charge is -2.08. The lowest BCUT2D eigenvalue weighted by Crippen LogP contribution is -2.24. The minimum Gasteiger partial charge on any atom is -0.426 e. The summed E-state index contributed by atoms with van der Waals surface area (Å²) in [5, 5.41) is 17.4. The van der Waals surface area contributed by atoms with Crippen LogP contribution in [0.3, 0.4) is 0 Å². The second kappa shape index (κ2) is 4.55. The Morgan fingerprint density at radius 3 is 2.33 bits per heavy atom. The number of hydrogen-bond donors (Lipinski definition) is 2. The van der Waals surface area contributed by atoms with Gasteiger partial charge in [-0.2, -0.15) is 0 Å². The number of hydrogen-bond acceptors (Lipinski definition) is 3. The highest BCUT2D eigenvalue weighted by Crippen LogP contribution is 2.22. The molecule has 0 aliphatic heterocycles. The van der Waals surface area contributed by atoms with E-state index in [0.29, 0.717) is 0 Å². The molecular formula is C8H11BO2S. The van der Waals surface area contributed by atoms with Crippen molar-refractivity contribution >= 4 is 18.9 Å². The highest BCUT2D eigenvalue weighted by Gasteiger charge is 2.18. The third-order valence-electron chi connectivity index (χ3n) is 1.49. The van der Waals surface area contributed by atoms with Crippen LogP contribution >= 0.6 is 11.8 Å². The summed E-state index contributed by atoms with van der Waals surface area (Å²) in [6, 6.07) is 9.69. The van der Waals surface area contributed by atoms with E-state index in [1.807, 2.05) is 30.3 Å². The van der Waals surface area contributed by atoms with Crippen LogP contribution in [0, 0.1) is 0 Å². The Hall–Kier alpha value is -0.445. The average Bonchev–Trinajstić information content (AvgIpc) is 2.06. The number of rotatable bonds is 3. The fraction of sp³-hybridized carbons (Fsp3) is 0.250. The van der Waals surface area contributed by atoms with Crippen LogP contribution in [-0.2, 0) is 0 Å². The fourth-order valence-corrected chi connectivity index (χ4v) is 1.64. The van der Waals surface area contributed by atoms with Gasteiger partial charge in [-0.1, -0.05) is 25.1 Å². The highest BCUT2D eigenvalue weighted by molar-refractivity contribution is 8.01. The van der Waals surface area contributed by atoms with Gasteiger partial charge >= 0.3 is 7.12 Å². The summed E-state index contributed by atoms with van der Waals surface area (Å²) in [5.74, 6) is 0. The molecule has 0 fully saturated rings. The molecule has 0 saturated heterocycles. The van der Waals surface area contributed by atoms with E-state index in [1.54, 1.807) is 6.92 Å². The number of benzene rings is 1. The molecule has 4 heteroatoms. The van der Waals surface area contributed by atoms with Crippen molar-refractivity contribution in [1.29, 1.82) is 0 Å². The van der Waals surface area contributed by atoms with Gasteiger partial charge in [-0.05, 0) is 12.1 Å². The van der Waals surface area contributed by atoms with E-state index in [0.717, 1.165) is 4.90 Å². The largest absolute Gasteiger partial charge is 0.465 e. The Balaban J connectivity index is 2.53. The molecule has 0 amide bonds. The summed E-state index contributed by atoms with van der Waals surface area (Å²) in [6.45, 7) is 1.78. The van der Waals surface area contributed by atoms with Gasteiger partial charge in [0.15, 0.2) is 0 Å². The summed E-state index contributed by atoms with van der Waals surface area (Å²) >= 11 is 1.45. The smallest absolute Gasteiger partial charge is 0.426 e. The van der Waals surface area contributed by atoms with Gasteiger partial charge in [-0.25, -0.2) is 0 Å². The average molecular weight is 182 g/mol. The quantitative estimate of drug-likeness (QED) is 0.544. The summed E-state index contributed by atoms with van der Waals surface area (Å²) in [4.78, 5) is 1.05. The van der Waals surface area contributed by atoms with Crippen molar-refractivity contribution in [2.75, 3.05) is 0 Å². The summed E-state index contributed by atoms with van der Waals surface area (Å²) in [5.41, 5.74) is 0. The van der Waals surface area contributed by atoms with Crippen LogP contribution in [-0.4, -0.2) is 22.3 Å². The molecule has 1 unspecified atom stereocenters. The third-order valence-corrected chi connectivity index (χ3v) is 2.64. The Labute approximate surface area is 76.8 Å². The van der Waals surface area contributed by atoms with Gasteiger partial charge in [0.2, 0.25) is 0 Å². The first-order valence-electron chi connectivity index (χ1n) is 3.78. The zero-order valence-corrected chi connectivity index (χ0v) is 7.66. The van der Waals surface area contributed by atoms with E-state index in [2.05, 4.69) is 0 Å². The molecule has 0 aliphatic carbocycles. The van der Waals surface area contributed by atoms with Crippen molar-refractivity contribution in [2.45, 2.75) is 17.0 Å². The summed E-state index contributed by atoms with van der Waals surface area (Å²) in [7, 11) is -1.25. The molecule has 0 spiro atoms. The van der Waals surface area contributed by atoms with Crippen LogP contribution in [0.2, 0.25) is 0 Å². The van der Waals surface area contributed by atoms with E-state index in [4.69, 9.17) is 10.0 Å². The molecule has 0 bridgehead atoms. The fourth-order valence-electron chi connectivity index (χ4n) is 0.775. The lowest BCUT2D eigenvalue weighted by molar-refractivity contribution is 0.405. The lowest BCUT2D eigenvalue weighted by atomic mass is 9.87. The maximum absolute atomic E-state index is 8.82. The van der Waals surface area contributed by atoms with Crippen molar-refractivity contribution in [3.05, 3.63) is 30.3 Å². The molecule has 2 N–H and O–H groups in total. The second-order valence-electron chi connectivity index (χ2n) is 2.55. The minimum absolute atomic E-state index is 0.188. The Kier molecular flexibility index (Phi) is 3.65. The van der Waals surface area contributed by atoms with Gasteiger partial charge in [0.05, 0.1) is 0 Å².